The monoisotopic (exact) mass is 498 g/mol. The van der Waals surface area contributed by atoms with Crippen LogP contribution in [0.3, 0.4) is 0 Å². The van der Waals surface area contributed by atoms with Gasteiger partial charge < -0.3 is 14.6 Å². The predicted molar refractivity (Wildman–Crippen MR) is 126 cm³/mol. The second-order valence-electron chi connectivity index (χ2n) is 10.4. The van der Waals surface area contributed by atoms with E-state index in [2.05, 4.69) is 5.32 Å². The third-order valence-electron chi connectivity index (χ3n) is 6.53. The first-order valence-corrected chi connectivity index (χ1v) is 12.3. The summed E-state index contributed by atoms with van der Waals surface area (Å²) < 4.78 is 7.02. The van der Waals surface area contributed by atoms with Crippen molar-refractivity contribution in [2.24, 2.45) is 5.92 Å². The molecule has 1 saturated carbocycles. The Kier molecular flexibility index (Phi) is 7.64. The third-order valence-corrected chi connectivity index (χ3v) is 7.08. The predicted octanol–water partition coefficient (Wildman–Crippen LogP) is 4.84. The van der Waals surface area contributed by atoms with Crippen molar-refractivity contribution in [2.45, 2.75) is 96.7 Å². The highest BCUT2D eigenvalue weighted by Crippen LogP contribution is 2.36. The maximum Gasteiger partial charge on any atom is 0.306 e. The number of ether oxygens (including phenoxy) is 1. The number of fused-ring (bicyclic) bond motifs is 1. The molecule has 1 aromatic rings. The van der Waals surface area contributed by atoms with Gasteiger partial charge in [0.15, 0.2) is 0 Å². The van der Waals surface area contributed by atoms with Crippen LogP contribution in [0.15, 0.2) is 0 Å². The Morgan fingerprint density at radius 3 is 2.39 bits per heavy atom. The molecule has 0 bridgehead atoms. The van der Waals surface area contributed by atoms with Gasteiger partial charge in [-0.05, 0) is 90.2 Å². The quantitative estimate of drug-likeness (QED) is 0.251. The summed E-state index contributed by atoms with van der Waals surface area (Å²) >= 11 is 12.0. The molecule has 182 valence electrons. The number of halogens is 2. The summed E-state index contributed by atoms with van der Waals surface area (Å²) in [6.07, 6.45) is 5.58. The van der Waals surface area contributed by atoms with Gasteiger partial charge in [0, 0.05) is 24.2 Å². The zero-order valence-corrected chi connectivity index (χ0v) is 21.2. The van der Waals surface area contributed by atoms with E-state index in [1.54, 1.807) is 4.57 Å². The van der Waals surface area contributed by atoms with Crippen molar-refractivity contribution in [2.75, 3.05) is 0 Å². The molecule has 0 unspecified atom stereocenters. The Bertz CT molecular complexity index is 968. The Labute approximate surface area is 204 Å². The number of ketones is 1. The lowest BCUT2D eigenvalue weighted by Crippen LogP contribution is -2.50. The van der Waals surface area contributed by atoms with Crippen LogP contribution in [0.1, 0.15) is 99.2 Å². The van der Waals surface area contributed by atoms with E-state index in [9.17, 15) is 19.2 Å². The van der Waals surface area contributed by atoms with E-state index in [0.29, 0.717) is 43.8 Å². The fourth-order valence-electron chi connectivity index (χ4n) is 4.85. The zero-order valence-electron chi connectivity index (χ0n) is 19.7. The van der Waals surface area contributed by atoms with Gasteiger partial charge in [-0.2, -0.15) is 0 Å². The number of hydrogen-bond donors (Lipinski definition) is 1. The molecule has 1 amide bonds. The highest BCUT2D eigenvalue weighted by atomic mass is 35.5. The van der Waals surface area contributed by atoms with E-state index < -0.39 is 28.1 Å². The van der Waals surface area contributed by atoms with Crippen LogP contribution >= 0.6 is 23.2 Å². The second-order valence-corrected chi connectivity index (χ2v) is 11.1. The van der Waals surface area contributed by atoms with Crippen LogP contribution < -0.4 is 5.32 Å². The first kappa shape index (κ1) is 25.8. The smallest absolute Gasteiger partial charge is 0.306 e. The number of carbonyl (C=O) groups excluding carboxylic acids is 4. The lowest BCUT2D eigenvalue weighted by Gasteiger charge is -2.38. The van der Waals surface area contributed by atoms with Gasteiger partial charge in [0.05, 0.1) is 10.6 Å². The molecular weight excluding hydrogens is 467 g/mol. The lowest BCUT2D eigenvalue weighted by molar-refractivity contribution is -0.155. The average Bonchev–Trinajstić information content (AvgIpc) is 3.24. The molecule has 7 nitrogen and oxygen atoms in total. The summed E-state index contributed by atoms with van der Waals surface area (Å²) in [6.45, 7) is 8.00. The lowest BCUT2D eigenvalue weighted by atomic mass is 9.76. The van der Waals surface area contributed by atoms with Gasteiger partial charge in [-0.1, -0.05) is 11.6 Å². The summed E-state index contributed by atoms with van der Waals surface area (Å²) in [5, 5.41) is 2.14. The fraction of sp³-hybridized carbons (Fsp3) is 0.667. The topological polar surface area (TPSA) is 94.5 Å². The Morgan fingerprint density at radius 1 is 1.18 bits per heavy atom. The SMILES string of the molecule is CC1(NC(=O)C(=O)c2c(Cl)c(C(=O)Cl)c3n2CCC3)CCC(CCC(=O)OC(C)(C)C)CC1. The van der Waals surface area contributed by atoms with Crippen molar-refractivity contribution in [3.05, 3.63) is 22.0 Å². The van der Waals surface area contributed by atoms with Gasteiger partial charge in [0.25, 0.3) is 16.9 Å². The fourth-order valence-corrected chi connectivity index (χ4v) is 5.48. The van der Waals surface area contributed by atoms with Crippen molar-refractivity contribution < 1.29 is 23.9 Å². The van der Waals surface area contributed by atoms with Crippen molar-refractivity contribution in [1.82, 2.24) is 9.88 Å². The van der Waals surface area contributed by atoms with Crippen LogP contribution in [0.4, 0.5) is 0 Å². The molecule has 0 radical (unpaired) electrons. The van der Waals surface area contributed by atoms with E-state index in [1.165, 1.54) is 0 Å². The normalized spacial score (nSPS) is 22.5. The molecule has 33 heavy (non-hydrogen) atoms. The summed E-state index contributed by atoms with van der Waals surface area (Å²) in [5.74, 6) is -1.30. The maximum atomic E-state index is 13.0. The summed E-state index contributed by atoms with van der Waals surface area (Å²) in [5.41, 5.74) is -0.218. The largest absolute Gasteiger partial charge is 0.460 e. The average molecular weight is 499 g/mol. The van der Waals surface area contributed by atoms with Crippen molar-refractivity contribution in [3.63, 3.8) is 0 Å². The first-order chi connectivity index (χ1) is 15.3. The summed E-state index contributed by atoms with van der Waals surface area (Å²) in [6, 6.07) is 0. The Hall–Kier alpha value is -1.86. The number of aromatic nitrogens is 1. The molecule has 2 heterocycles. The number of amides is 1. The molecule has 0 saturated heterocycles. The van der Waals surface area contributed by atoms with E-state index in [4.69, 9.17) is 27.9 Å². The molecular formula is C24H32Cl2N2O5. The van der Waals surface area contributed by atoms with Crippen LogP contribution in [-0.4, -0.2) is 38.6 Å². The van der Waals surface area contributed by atoms with Crippen molar-refractivity contribution >= 4 is 46.1 Å². The standard InChI is InChI=1S/C24H32Cl2N2O5/c1-23(2,3)33-16(29)8-7-14-9-11-24(4,12-10-14)27-22(32)20(30)19-18(25)17(21(26)31)15-6-5-13-28(15)19/h14H,5-13H2,1-4H3,(H,27,32). The zero-order chi connectivity index (χ0) is 24.6. The molecule has 0 aromatic carbocycles. The van der Waals surface area contributed by atoms with Gasteiger partial charge >= 0.3 is 5.97 Å². The van der Waals surface area contributed by atoms with E-state index in [0.717, 1.165) is 25.7 Å². The van der Waals surface area contributed by atoms with Crippen molar-refractivity contribution in [3.8, 4) is 0 Å². The molecule has 2 aliphatic rings. The third kappa shape index (κ3) is 5.99. The number of Topliss-reactive ketones (excluding diaryl/α,β-unsaturated/α-hetero) is 1. The number of rotatable bonds is 7. The molecule has 0 spiro atoms. The summed E-state index contributed by atoms with van der Waals surface area (Å²) in [4.78, 5) is 49.7. The van der Waals surface area contributed by atoms with E-state index in [1.807, 2.05) is 27.7 Å². The molecule has 1 aromatic heterocycles. The number of esters is 1. The summed E-state index contributed by atoms with van der Waals surface area (Å²) in [7, 11) is 0. The van der Waals surface area contributed by atoms with Crippen molar-refractivity contribution in [1.29, 1.82) is 0 Å². The van der Waals surface area contributed by atoms with E-state index >= 15 is 0 Å². The minimum atomic E-state index is -0.749. The highest BCUT2D eigenvalue weighted by molar-refractivity contribution is 6.69. The van der Waals surface area contributed by atoms with Gasteiger partial charge in [-0.3, -0.25) is 19.2 Å². The molecule has 9 heteroatoms. The number of hydrogen-bond acceptors (Lipinski definition) is 5. The van der Waals surface area contributed by atoms with Crippen LogP contribution in [0, 0.1) is 5.92 Å². The van der Waals surface area contributed by atoms with Crippen LogP contribution in [0.5, 0.6) is 0 Å². The first-order valence-electron chi connectivity index (χ1n) is 11.5. The molecule has 1 aliphatic heterocycles. The Balaban J connectivity index is 1.58. The van der Waals surface area contributed by atoms with Crippen LogP contribution in [0.25, 0.3) is 0 Å². The minimum absolute atomic E-state index is 0.0409. The van der Waals surface area contributed by atoms with E-state index in [-0.39, 0.29) is 22.2 Å². The molecule has 3 rings (SSSR count). The maximum absolute atomic E-state index is 13.0. The number of nitrogens with zero attached hydrogens (tertiary/aromatic N) is 1. The number of nitrogens with one attached hydrogen (secondary N) is 1. The van der Waals surface area contributed by atoms with Gasteiger partial charge in [-0.15, -0.1) is 0 Å². The second kappa shape index (κ2) is 9.79. The van der Waals surface area contributed by atoms with Gasteiger partial charge in [0.1, 0.15) is 11.3 Å². The Morgan fingerprint density at radius 2 is 1.82 bits per heavy atom. The molecule has 0 atom stereocenters. The highest BCUT2D eigenvalue weighted by Gasteiger charge is 2.38. The van der Waals surface area contributed by atoms with Gasteiger partial charge in [0.2, 0.25) is 0 Å². The van der Waals surface area contributed by atoms with Crippen LogP contribution in [0.2, 0.25) is 5.02 Å². The molecule has 1 N–H and O–H groups in total. The number of carbonyl (C=O) groups is 4. The molecule has 1 aliphatic carbocycles. The minimum Gasteiger partial charge on any atom is -0.460 e. The molecule has 1 fully saturated rings. The van der Waals surface area contributed by atoms with Gasteiger partial charge in [-0.25, -0.2) is 0 Å². The van der Waals surface area contributed by atoms with Crippen LogP contribution in [-0.2, 0) is 27.3 Å².